The van der Waals surface area contributed by atoms with Crippen LogP contribution in [0.5, 0.6) is 5.88 Å². The fourth-order valence-corrected chi connectivity index (χ4v) is 1.80. The van der Waals surface area contributed by atoms with Crippen LogP contribution in [0.3, 0.4) is 0 Å². The van der Waals surface area contributed by atoms with Gasteiger partial charge in [0.1, 0.15) is 6.61 Å². The molecule has 2 aromatic rings. The lowest BCUT2D eigenvalue weighted by Gasteiger charge is -2.11. The van der Waals surface area contributed by atoms with Gasteiger partial charge < -0.3 is 9.64 Å². The van der Waals surface area contributed by atoms with E-state index in [9.17, 15) is 4.79 Å². The van der Waals surface area contributed by atoms with Gasteiger partial charge in [-0.3, -0.25) is 4.79 Å². The van der Waals surface area contributed by atoms with E-state index in [1.807, 2.05) is 38.1 Å². The van der Waals surface area contributed by atoms with Crippen LogP contribution in [0.2, 0.25) is 0 Å². The number of benzene rings is 1. The average Bonchev–Trinajstić information content (AvgIpc) is 2.48. The van der Waals surface area contributed by atoms with Crippen molar-refractivity contribution < 1.29 is 9.53 Å². The molecule has 1 amide bonds. The van der Waals surface area contributed by atoms with Crippen LogP contribution in [0.4, 0.5) is 0 Å². The summed E-state index contributed by atoms with van der Waals surface area (Å²) in [5, 5.41) is 8.02. The molecule has 110 valence electrons. The van der Waals surface area contributed by atoms with Gasteiger partial charge in [0.2, 0.25) is 5.88 Å². The lowest BCUT2D eigenvalue weighted by molar-refractivity contribution is 0.0827. The second kappa shape index (κ2) is 6.35. The lowest BCUT2D eigenvalue weighted by atomic mass is 10.1. The van der Waals surface area contributed by atoms with E-state index < -0.39 is 0 Å². The van der Waals surface area contributed by atoms with Crippen LogP contribution in [-0.2, 0) is 6.61 Å². The lowest BCUT2D eigenvalue weighted by Crippen LogP contribution is -2.21. The minimum absolute atomic E-state index is 0.0252. The number of carbonyl (C=O) groups is 1. The molecule has 0 saturated heterocycles. The van der Waals surface area contributed by atoms with Crippen molar-refractivity contribution in [2.45, 2.75) is 20.5 Å². The zero-order valence-electron chi connectivity index (χ0n) is 12.8. The van der Waals surface area contributed by atoms with E-state index in [0.29, 0.717) is 18.1 Å². The molecule has 1 aromatic heterocycles. The first kappa shape index (κ1) is 15.0. The van der Waals surface area contributed by atoms with E-state index in [4.69, 9.17) is 4.74 Å². The highest BCUT2D eigenvalue weighted by Crippen LogP contribution is 2.13. The zero-order chi connectivity index (χ0) is 15.4. The summed E-state index contributed by atoms with van der Waals surface area (Å²) in [5.41, 5.74) is 3.49. The van der Waals surface area contributed by atoms with E-state index in [1.54, 1.807) is 25.1 Å². The number of nitrogens with zero attached hydrogens (tertiary/aromatic N) is 3. The first-order chi connectivity index (χ1) is 9.97. The van der Waals surface area contributed by atoms with Gasteiger partial charge in [-0.05, 0) is 37.1 Å². The molecule has 0 N–H and O–H groups in total. The maximum atomic E-state index is 11.9. The smallest absolute Gasteiger partial charge is 0.253 e. The highest BCUT2D eigenvalue weighted by Gasteiger charge is 2.08. The molecule has 1 heterocycles. The number of aromatic nitrogens is 2. The molecule has 0 aliphatic carbocycles. The number of aryl methyl sites for hydroxylation is 2. The summed E-state index contributed by atoms with van der Waals surface area (Å²) < 4.78 is 5.62. The summed E-state index contributed by atoms with van der Waals surface area (Å²) in [5.74, 6) is 0.463. The summed E-state index contributed by atoms with van der Waals surface area (Å²) >= 11 is 0. The minimum Gasteiger partial charge on any atom is -0.472 e. The van der Waals surface area contributed by atoms with Crippen molar-refractivity contribution >= 4 is 5.91 Å². The summed E-state index contributed by atoms with van der Waals surface area (Å²) in [6, 6.07) is 9.25. The molecular weight excluding hydrogens is 266 g/mol. The van der Waals surface area contributed by atoms with Crippen molar-refractivity contribution in [1.82, 2.24) is 15.1 Å². The number of carbonyl (C=O) groups excluding carboxylic acids is 1. The van der Waals surface area contributed by atoms with Crippen LogP contribution in [0, 0.1) is 13.8 Å². The quantitative estimate of drug-likeness (QED) is 0.865. The fourth-order valence-electron chi connectivity index (χ4n) is 1.80. The molecule has 5 heteroatoms. The Morgan fingerprint density at radius 2 is 1.95 bits per heavy atom. The zero-order valence-corrected chi connectivity index (χ0v) is 12.8. The molecule has 0 bridgehead atoms. The third kappa shape index (κ3) is 3.78. The standard InChI is InChI=1S/C16H19N3O2/c1-11-8-15(18-17-12(11)2)21-10-13-6-5-7-14(9-13)16(20)19(3)4/h5-9H,10H2,1-4H3. The Morgan fingerprint density at radius 1 is 1.19 bits per heavy atom. The van der Waals surface area contributed by atoms with Gasteiger partial charge >= 0.3 is 0 Å². The van der Waals surface area contributed by atoms with Gasteiger partial charge in [0.15, 0.2) is 0 Å². The molecule has 0 saturated carbocycles. The van der Waals surface area contributed by atoms with Crippen LogP contribution in [0.15, 0.2) is 30.3 Å². The maximum Gasteiger partial charge on any atom is 0.253 e. The third-order valence-corrected chi connectivity index (χ3v) is 3.18. The summed E-state index contributed by atoms with van der Waals surface area (Å²) in [4.78, 5) is 13.5. The molecule has 0 aliphatic rings. The molecule has 2 rings (SSSR count). The van der Waals surface area contributed by atoms with Gasteiger partial charge in [-0.1, -0.05) is 12.1 Å². The Hall–Kier alpha value is -2.43. The van der Waals surface area contributed by atoms with Crippen LogP contribution in [0.1, 0.15) is 27.2 Å². The molecule has 21 heavy (non-hydrogen) atoms. The highest BCUT2D eigenvalue weighted by atomic mass is 16.5. The number of rotatable bonds is 4. The van der Waals surface area contributed by atoms with Crippen molar-refractivity contribution in [3.8, 4) is 5.88 Å². The number of amides is 1. The summed E-state index contributed by atoms with van der Waals surface area (Å²) in [7, 11) is 3.46. The number of hydrogen-bond donors (Lipinski definition) is 0. The van der Waals surface area contributed by atoms with Crippen LogP contribution in [0.25, 0.3) is 0 Å². The van der Waals surface area contributed by atoms with E-state index in [1.165, 1.54) is 0 Å². The first-order valence-electron chi connectivity index (χ1n) is 6.71. The Bertz CT molecular complexity index is 654. The van der Waals surface area contributed by atoms with E-state index in [-0.39, 0.29) is 5.91 Å². The largest absolute Gasteiger partial charge is 0.472 e. The highest BCUT2D eigenvalue weighted by molar-refractivity contribution is 5.94. The van der Waals surface area contributed by atoms with Crippen molar-refractivity contribution in [1.29, 1.82) is 0 Å². The SMILES string of the molecule is Cc1cc(OCc2cccc(C(=O)N(C)C)c2)nnc1C. The third-order valence-electron chi connectivity index (χ3n) is 3.18. The van der Waals surface area contributed by atoms with E-state index >= 15 is 0 Å². The van der Waals surface area contributed by atoms with Gasteiger partial charge in [-0.2, -0.15) is 5.10 Å². The predicted octanol–water partition coefficient (Wildman–Crippen LogP) is 2.37. The maximum absolute atomic E-state index is 11.9. The van der Waals surface area contributed by atoms with Gasteiger partial charge in [0.25, 0.3) is 5.91 Å². The molecular formula is C16H19N3O2. The Balaban J connectivity index is 2.08. The van der Waals surface area contributed by atoms with Crippen LogP contribution >= 0.6 is 0 Å². The minimum atomic E-state index is -0.0252. The number of ether oxygens (including phenoxy) is 1. The van der Waals surface area contributed by atoms with E-state index in [2.05, 4.69) is 10.2 Å². The van der Waals surface area contributed by atoms with Gasteiger partial charge in [-0.25, -0.2) is 0 Å². The molecule has 0 fully saturated rings. The fraction of sp³-hybridized carbons (Fsp3) is 0.312. The average molecular weight is 285 g/mol. The summed E-state index contributed by atoms with van der Waals surface area (Å²) in [6.45, 7) is 4.22. The van der Waals surface area contributed by atoms with Gasteiger partial charge in [0.05, 0.1) is 5.69 Å². The monoisotopic (exact) mass is 285 g/mol. The molecule has 0 unspecified atom stereocenters. The Morgan fingerprint density at radius 3 is 2.62 bits per heavy atom. The first-order valence-corrected chi connectivity index (χ1v) is 6.71. The van der Waals surface area contributed by atoms with Crippen LogP contribution < -0.4 is 4.74 Å². The second-order valence-corrected chi connectivity index (χ2v) is 5.14. The molecule has 0 radical (unpaired) electrons. The Labute approximate surface area is 124 Å². The Kier molecular flexibility index (Phi) is 4.52. The van der Waals surface area contributed by atoms with Crippen molar-refractivity contribution in [2.24, 2.45) is 0 Å². The molecule has 5 nitrogen and oxygen atoms in total. The van der Waals surface area contributed by atoms with Gasteiger partial charge in [0, 0.05) is 25.7 Å². The molecule has 0 aliphatic heterocycles. The van der Waals surface area contributed by atoms with Crippen LogP contribution in [-0.4, -0.2) is 35.1 Å². The molecule has 1 aromatic carbocycles. The molecule has 0 atom stereocenters. The van der Waals surface area contributed by atoms with Gasteiger partial charge in [-0.15, -0.1) is 5.10 Å². The van der Waals surface area contributed by atoms with Crippen molar-refractivity contribution in [3.05, 3.63) is 52.7 Å². The summed E-state index contributed by atoms with van der Waals surface area (Å²) in [6.07, 6.45) is 0. The van der Waals surface area contributed by atoms with Crippen molar-refractivity contribution in [2.75, 3.05) is 14.1 Å². The predicted molar refractivity (Wildman–Crippen MR) is 80.3 cm³/mol. The second-order valence-electron chi connectivity index (χ2n) is 5.14. The number of hydrogen-bond acceptors (Lipinski definition) is 4. The van der Waals surface area contributed by atoms with E-state index in [0.717, 1.165) is 16.8 Å². The van der Waals surface area contributed by atoms with Crippen molar-refractivity contribution in [3.63, 3.8) is 0 Å². The topological polar surface area (TPSA) is 55.3 Å². The normalized spacial score (nSPS) is 10.3. The molecule has 0 spiro atoms.